The molecule has 0 saturated carbocycles. The number of esters is 1. The van der Waals surface area contributed by atoms with E-state index in [1.807, 2.05) is 0 Å². The second-order valence-corrected chi connectivity index (χ2v) is 5.47. The maximum atomic E-state index is 13.5. The van der Waals surface area contributed by atoms with Crippen LogP contribution in [0.4, 0.5) is 10.1 Å². The molecule has 6 nitrogen and oxygen atoms in total. The number of carbonyl (C=O) groups excluding carboxylic acids is 1. The summed E-state index contributed by atoms with van der Waals surface area (Å²) in [5, 5.41) is 8.34. The average Bonchev–Trinajstić information content (AvgIpc) is 2.66. The molecular formula is C20H21FN2O4. The second kappa shape index (κ2) is 8.84. The van der Waals surface area contributed by atoms with Crippen molar-refractivity contribution in [1.82, 2.24) is 0 Å². The first-order valence-electron chi connectivity index (χ1n) is 8.17. The first-order chi connectivity index (χ1) is 12.9. The lowest BCUT2D eigenvalue weighted by atomic mass is 10.0. The van der Waals surface area contributed by atoms with Gasteiger partial charge in [-0.2, -0.15) is 0 Å². The van der Waals surface area contributed by atoms with Gasteiger partial charge in [-0.1, -0.05) is 12.1 Å². The van der Waals surface area contributed by atoms with Gasteiger partial charge < -0.3 is 25.4 Å². The van der Waals surface area contributed by atoms with Crippen LogP contribution in [-0.4, -0.2) is 32.5 Å². The molecule has 0 aliphatic rings. The van der Waals surface area contributed by atoms with Crippen molar-refractivity contribution >= 4 is 23.4 Å². The van der Waals surface area contributed by atoms with Crippen LogP contribution < -0.4 is 15.2 Å². The summed E-state index contributed by atoms with van der Waals surface area (Å²) in [7, 11) is 2.77. The molecular weight excluding hydrogens is 351 g/mol. The zero-order chi connectivity index (χ0) is 20.0. The maximum absolute atomic E-state index is 13.5. The number of nitrogen functional groups attached to an aromatic ring is 1. The van der Waals surface area contributed by atoms with Crippen LogP contribution in [0.5, 0.6) is 11.5 Å². The largest absolute Gasteiger partial charge is 0.495 e. The minimum absolute atomic E-state index is 0.0267. The molecule has 0 radical (unpaired) electrons. The lowest BCUT2D eigenvalue weighted by Gasteiger charge is -2.14. The Morgan fingerprint density at radius 2 is 1.96 bits per heavy atom. The van der Waals surface area contributed by atoms with Crippen LogP contribution in [0.1, 0.15) is 28.4 Å². The minimum Gasteiger partial charge on any atom is -0.495 e. The van der Waals surface area contributed by atoms with Crippen LogP contribution >= 0.6 is 0 Å². The summed E-state index contributed by atoms with van der Waals surface area (Å²) in [5.41, 5.74) is 7.40. The molecule has 0 bridgehead atoms. The van der Waals surface area contributed by atoms with Crippen LogP contribution in [0.25, 0.3) is 6.08 Å². The molecule has 0 aliphatic carbocycles. The monoisotopic (exact) mass is 372 g/mol. The molecule has 2 aromatic carbocycles. The first kappa shape index (κ1) is 20.0. The molecule has 0 aliphatic heterocycles. The van der Waals surface area contributed by atoms with Crippen molar-refractivity contribution in [3.8, 4) is 11.5 Å². The van der Waals surface area contributed by atoms with Crippen molar-refractivity contribution in [2.45, 2.75) is 6.92 Å². The number of nitrogens with one attached hydrogen (secondary N) is 1. The zero-order valence-electron chi connectivity index (χ0n) is 15.3. The second-order valence-electron chi connectivity index (χ2n) is 5.47. The molecule has 27 heavy (non-hydrogen) atoms. The van der Waals surface area contributed by atoms with Gasteiger partial charge in [0, 0.05) is 5.69 Å². The Balaban J connectivity index is 2.40. The zero-order valence-corrected chi connectivity index (χ0v) is 15.3. The summed E-state index contributed by atoms with van der Waals surface area (Å²) in [4.78, 5) is 12.1. The predicted octanol–water partition coefficient (Wildman–Crippen LogP) is 3.68. The van der Waals surface area contributed by atoms with E-state index in [0.717, 1.165) is 0 Å². The summed E-state index contributed by atoms with van der Waals surface area (Å²) in [5.74, 6) is -0.765. The van der Waals surface area contributed by atoms with Gasteiger partial charge in [0.15, 0.2) is 11.6 Å². The molecule has 0 spiro atoms. The third-order valence-corrected chi connectivity index (χ3v) is 3.78. The number of methoxy groups -OCH3 is 2. The van der Waals surface area contributed by atoms with Crippen molar-refractivity contribution in [3.05, 3.63) is 58.9 Å². The van der Waals surface area contributed by atoms with E-state index in [4.69, 9.17) is 25.4 Å². The third kappa shape index (κ3) is 4.44. The lowest BCUT2D eigenvalue weighted by Crippen LogP contribution is -2.12. The summed E-state index contributed by atoms with van der Waals surface area (Å²) >= 11 is 0. The number of carbonyl (C=O) groups is 1. The van der Waals surface area contributed by atoms with Gasteiger partial charge in [0.1, 0.15) is 11.3 Å². The SMILES string of the molecule is CCOC(=O)c1ccc(N)c(C(=N)/C=C/c2ccc(F)c(OC)c2)c1OC. The normalized spacial score (nSPS) is 10.7. The number of benzene rings is 2. The number of anilines is 1. The van der Waals surface area contributed by atoms with Crippen molar-refractivity contribution in [1.29, 1.82) is 5.41 Å². The molecule has 0 heterocycles. The standard InChI is InChI=1S/C20H21FN2O4/c1-4-27-20(24)13-7-10-16(23)18(19(13)26-3)15(22)9-6-12-5-8-14(21)17(11-12)25-2/h5-11,22H,4,23H2,1-3H3/b9-6+,22-15?. The topological polar surface area (TPSA) is 94.6 Å². The van der Waals surface area contributed by atoms with Gasteiger partial charge in [-0.25, -0.2) is 9.18 Å². The van der Waals surface area contributed by atoms with E-state index in [1.165, 1.54) is 44.6 Å². The van der Waals surface area contributed by atoms with E-state index >= 15 is 0 Å². The van der Waals surface area contributed by atoms with Gasteiger partial charge >= 0.3 is 5.97 Å². The lowest BCUT2D eigenvalue weighted by molar-refractivity contribution is 0.0522. The number of halogens is 1. The van der Waals surface area contributed by atoms with Gasteiger partial charge in [0.05, 0.1) is 32.1 Å². The van der Waals surface area contributed by atoms with Gasteiger partial charge in [-0.05, 0) is 42.8 Å². The summed E-state index contributed by atoms with van der Waals surface area (Å²) in [6, 6.07) is 7.36. The number of nitrogens with two attached hydrogens (primary N) is 1. The minimum atomic E-state index is -0.560. The molecule has 0 unspecified atom stereocenters. The Bertz CT molecular complexity index is 894. The summed E-state index contributed by atoms with van der Waals surface area (Å²) < 4.78 is 28.8. The average molecular weight is 372 g/mol. The number of ether oxygens (including phenoxy) is 3. The highest BCUT2D eigenvalue weighted by atomic mass is 19.1. The molecule has 2 aromatic rings. The molecule has 2 rings (SSSR count). The maximum Gasteiger partial charge on any atom is 0.341 e. The van der Waals surface area contributed by atoms with Gasteiger partial charge in [0.2, 0.25) is 0 Å². The van der Waals surface area contributed by atoms with Gasteiger partial charge in [-0.3, -0.25) is 0 Å². The Morgan fingerprint density at radius 3 is 2.59 bits per heavy atom. The quantitative estimate of drug-likeness (QED) is 0.439. The molecule has 7 heteroatoms. The fourth-order valence-electron chi connectivity index (χ4n) is 2.50. The smallest absolute Gasteiger partial charge is 0.341 e. The highest BCUT2D eigenvalue weighted by molar-refractivity contribution is 6.15. The Morgan fingerprint density at radius 1 is 1.22 bits per heavy atom. The van der Waals surface area contributed by atoms with Crippen LogP contribution in [-0.2, 0) is 4.74 Å². The molecule has 142 valence electrons. The Labute approximate surface area is 156 Å². The van der Waals surface area contributed by atoms with Crippen molar-refractivity contribution in [2.75, 3.05) is 26.6 Å². The molecule has 0 aromatic heterocycles. The van der Waals surface area contributed by atoms with E-state index in [-0.39, 0.29) is 40.6 Å². The van der Waals surface area contributed by atoms with Crippen molar-refractivity contribution in [2.24, 2.45) is 0 Å². The Hall–Kier alpha value is -3.35. The van der Waals surface area contributed by atoms with Crippen molar-refractivity contribution in [3.63, 3.8) is 0 Å². The van der Waals surface area contributed by atoms with E-state index < -0.39 is 11.8 Å². The van der Waals surface area contributed by atoms with Crippen molar-refractivity contribution < 1.29 is 23.4 Å². The highest BCUT2D eigenvalue weighted by Gasteiger charge is 2.21. The van der Waals surface area contributed by atoms with Crippen LogP contribution in [0.3, 0.4) is 0 Å². The van der Waals surface area contributed by atoms with E-state index in [9.17, 15) is 9.18 Å². The molecule has 0 fully saturated rings. The van der Waals surface area contributed by atoms with Crippen LogP contribution in [0, 0.1) is 11.2 Å². The number of hydrogen-bond donors (Lipinski definition) is 2. The number of allylic oxidation sites excluding steroid dienone is 1. The summed E-state index contributed by atoms with van der Waals surface area (Å²) in [6.45, 7) is 1.91. The van der Waals surface area contributed by atoms with Crippen LogP contribution in [0.15, 0.2) is 36.4 Å². The molecule has 0 amide bonds. The molecule has 0 atom stereocenters. The first-order valence-corrected chi connectivity index (χ1v) is 8.17. The van der Waals surface area contributed by atoms with E-state index in [0.29, 0.717) is 5.56 Å². The third-order valence-electron chi connectivity index (χ3n) is 3.78. The molecule has 0 saturated heterocycles. The molecule has 3 N–H and O–H groups in total. The number of hydrogen-bond acceptors (Lipinski definition) is 6. The number of rotatable bonds is 7. The van der Waals surface area contributed by atoms with Gasteiger partial charge in [0.25, 0.3) is 0 Å². The van der Waals surface area contributed by atoms with E-state index in [2.05, 4.69) is 0 Å². The fourth-order valence-corrected chi connectivity index (χ4v) is 2.50. The Kier molecular flexibility index (Phi) is 6.54. The summed E-state index contributed by atoms with van der Waals surface area (Å²) in [6.07, 6.45) is 3.09. The fraction of sp³-hybridized carbons (Fsp3) is 0.200. The van der Waals surface area contributed by atoms with E-state index in [1.54, 1.807) is 19.1 Å². The van der Waals surface area contributed by atoms with Crippen LogP contribution in [0.2, 0.25) is 0 Å². The predicted molar refractivity (Wildman–Crippen MR) is 102 cm³/mol. The highest BCUT2D eigenvalue weighted by Crippen LogP contribution is 2.31. The van der Waals surface area contributed by atoms with Gasteiger partial charge in [-0.15, -0.1) is 0 Å².